The normalized spacial score (nSPS) is 16.0. The summed E-state index contributed by atoms with van der Waals surface area (Å²) in [6.45, 7) is 8.08. The molecular formula is C18H22ClN3O2. The van der Waals surface area contributed by atoms with Crippen LogP contribution in [0.3, 0.4) is 0 Å². The second-order valence-electron chi connectivity index (χ2n) is 5.19. The molecule has 6 heteroatoms. The predicted molar refractivity (Wildman–Crippen MR) is 98.7 cm³/mol. The van der Waals surface area contributed by atoms with Gasteiger partial charge in [-0.1, -0.05) is 11.6 Å². The van der Waals surface area contributed by atoms with Gasteiger partial charge >= 0.3 is 0 Å². The molecule has 1 aliphatic rings. The van der Waals surface area contributed by atoms with Gasteiger partial charge in [0.25, 0.3) is 0 Å². The molecule has 0 heterocycles. The first-order valence-corrected chi connectivity index (χ1v) is 8.35. The lowest BCUT2D eigenvalue weighted by Gasteiger charge is -2.27. The van der Waals surface area contributed by atoms with E-state index in [1.807, 2.05) is 6.92 Å². The molecular weight excluding hydrogens is 326 g/mol. The number of rotatable bonds is 6. The number of benzene rings is 1. The lowest BCUT2D eigenvalue weighted by Crippen LogP contribution is -2.30. The van der Waals surface area contributed by atoms with Crippen LogP contribution in [0.4, 0.5) is 5.69 Å². The minimum Gasteiger partial charge on any atom is -0.508 e. The zero-order chi connectivity index (χ0) is 17.7. The molecule has 0 atom stereocenters. The lowest BCUT2D eigenvalue weighted by atomic mass is 10.0. The molecule has 0 aliphatic heterocycles. The average molecular weight is 348 g/mol. The molecule has 5 nitrogen and oxygen atoms in total. The molecule has 0 amide bonds. The van der Waals surface area contributed by atoms with E-state index in [0.29, 0.717) is 34.5 Å². The van der Waals surface area contributed by atoms with E-state index < -0.39 is 0 Å². The maximum Gasteiger partial charge on any atom is 0.146 e. The summed E-state index contributed by atoms with van der Waals surface area (Å²) in [6.07, 6.45) is 3.54. The fraction of sp³-hybridized carbons (Fsp3) is 0.333. The molecule has 0 saturated heterocycles. The Hall–Kier alpha value is -2.27. The zero-order valence-corrected chi connectivity index (χ0v) is 14.9. The summed E-state index contributed by atoms with van der Waals surface area (Å²) in [5, 5.41) is 18.0. The first-order valence-electron chi connectivity index (χ1n) is 7.97. The number of ether oxygens (including phenoxy) is 1. The van der Waals surface area contributed by atoms with Gasteiger partial charge in [0.1, 0.15) is 11.5 Å². The third-order valence-electron chi connectivity index (χ3n) is 3.65. The molecule has 2 N–H and O–H groups in total. The topological polar surface area (TPSA) is 68.9 Å². The number of phenolic OH excluding ortho intramolecular Hbond substituents is 1. The highest BCUT2D eigenvalue weighted by Crippen LogP contribution is 2.30. The van der Waals surface area contributed by atoms with Crippen LogP contribution in [0, 0.1) is 5.41 Å². The summed E-state index contributed by atoms with van der Waals surface area (Å²) in [6, 6.07) is 4.67. The van der Waals surface area contributed by atoms with Crippen molar-refractivity contribution in [3.8, 4) is 5.75 Å². The first-order chi connectivity index (χ1) is 11.5. The van der Waals surface area contributed by atoms with Gasteiger partial charge in [0.15, 0.2) is 0 Å². The van der Waals surface area contributed by atoms with E-state index in [1.54, 1.807) is 24.3 Å². The molecule has 2 rings (SSSR count). The van der Waals surface area contributed by atoms with Gasteiger partial charge in [-0.25, -0.2) is 4.99 Å². The summed E-state index contributed by atoms with van der Waals surface area (Å²) in [5.74, 6) is 0.585. The third kappa shape index (κ3) is 3.97. The molecule has 1 aliphatic carbocycles. The molecule has 0 unspecified atom stereocenters. The van der Waals surface area contributed by atoms with E-state index in [9.17, 15) is 5.11 Å². The Morgan fingerprint density at radius 3 is 2.50 bits per heavy atom. The standard InChI is InChI=1S/C18H22ClN3O2/c1-4-22(5-2)17-10-14(20)18(24-6-3)11-16(17)21-15-8-7-12(23)9-13(15)19/h7-11,20,23H,4-6H2,1-3H3/b20-14?,21-16+. The van der Waals surface area contributed by atoms with Crippen molar-refractivity contribution in [1.29, 1.82) is 5.41 Å². The van der Waals surface area contributed by atoms with Crippen LogP contribution in [-0.2, 0) is 4.74 Å². The van der Waals surface area contributed by atoms with E-state index in [-0.39, 0.29) is 5.75 Å². The Balaban J connectivity index is 2.52. The number of allylic oxidation sites excluding steroid dienone is 2. The lowest BCUT2D eigenvalue weighted by molar-refractivity contribution is 0.249. The smallest absolute Gasteiger partial charge is 0.146 e. The van der Waals surface area contributed by atoms with Crippen molar-refractivity contribution in [2.24, 2.45) is 4.99 Å². The van der Waals surface area contributed by atoms with Gasteiger partial charge in [-0.2, -0.15) is 0 Å². The molecule has 24 heavy (non-hydrogen) atoms. The number of phenols is 1. The number of hydrogen-bond donors (Lipinski definition) is 2. The quantitative estimate of drug-likeness (QED) is 0.754. The van der Waals surface area contributed by atoms with Crippen LogP contribution >= 0.6 is 11.6 Å². The monoisotopic (exact) mass is 347 g/mol. The van der Waals surface area contributed by atoms with Crippen LogP contribution in [0.5, 0.6) is 5.75 Å². The number of aromatic hydroxyl groups is 1. The van der Waals surface area contributed by atoms with Crippen molar-refractivity contribution in [3.63, 3.8) is 0 Å². The highest BCUT2D eigenvalue weighted by molar-refractivity contribution is 6.33. The second kappa shape index (κ2) is 8.02. The van der Waals surface area contributed by atoms with E-state index in [2.05, 4.69) is 23.7 Å². The molecule has 0 bridgehead atoms. The largest absolute Gasteiger partial charge is 0.508 e. The third-order valence-corrected chi connectivity index (χ3v) is 3.96. The van der Waals surface area contributed by atoms with Crippen molar-refractivity contribution < 1.29 is 9.84 Å². The van der Waals surface area contributed by atoms with E-state index >= 15 is 0 Å². The molecule has 0 fully saturated rings. The predicted octanol–water partition coefficient (Wildman–Crippen LogP) is 4.30. The molecule has 0 saturated carbocycles. The van der Waals surface area contributed by atoms with E-state index in [1.165, 1.54) is 6.07 Å². The maximum absolute atomic E-state index is 9.49. The fourth-order valence-electron chi connectivity index (χ4n) is 2.46. The Morgan fingerprint density at radius 1 is 1.21 bits per heavy atom. The van der Waals surface area contributed by atoms with Gasteiger partial charge in [0.05, 0.1) is 34.4 Å². The van der Waals surface area contributed by atoms with Gasteiger partial charge in [0, 0.05) is 25.2 Å². The highest BCUT2D eigenvalue weighted by atomic mass is 35.5. The first kappa shape index (κ1) is 18.1. The van der Waals surface area contributed by atoms with Gasteiger partial charge in [-0.3, -0.25) is 5.41 Å². The summed E-state index contributed by atoms with van der Waals surface area (Å²) in [5.41, 5.74) is 2.43. The Kier molecular flexibility index (Phi) is 6.04. The molecule has 0 radical (unpaired) electrons. The van der Waals surface area contributed by atoms with E-state index in [0.717, 1.165) is 18.8 Å². The summed E-state index contributed by atoms with van der Waals surface area (Å²) < 4.78 is 5.53. The number of hydrogen-bond acceptors (Lipinski definition) is 5. The summed E-state index contributed by atoms with van der Waals surface area (Å²) >= 11 is 6.18. The van der Waals surface area contributed by atoms with Crippen LogP contribution in [0.25, 0.3) is 0 Å². The summed E-state index contributed by atoms with van der Waals surface area (Å²) in [7, 11) is 0. The average Bonchev–Trinajstić information content (AvgIpc) is 2.55. The Labute approximate surface area is 147 Å². The molecule has 1 aromatic carbocycles. The summed E-state index contributed by atoms with van der Waals surface area (Å²) in [4.78, 5) is 6.76. The number of halogens is 1. The van der Waals surface area contributed by atoms with Gasteiger partial charge in [-0.15, -0.1) is 0 Å². The highest BCUT2D eigenvalue weighted by Gasteiger charge is 2.21. The van der Waals surface area contributed by atoms with Crippen LogP contribution < -0.4 is 0 Å². The van der Waals surface area contributed by atoms with Crippen molar-refractivity contribution >= 4 is 28.7 Å². The zero-order valence-electron chi connectivity index (χ0n) is 14.1. The van der Waals surface area contributed by atoms with Gasteiger partial charge < -0.3 is 14.7 Å². The van der Waals surface area contributed by atoms with Crippen LogP contribution in [0.1, 0.15) is 20.8 Å². The van der Waals surface area contributed by atoms with Crippen molar-refractivity contribution in [2.45, 2.75) is 20.8 Å². The minimum absolute atomic E-state index is 0.0967. The van der Waals surface area contributed by atoms with Gasteiger partial charge in [-0.05, 0) is 39.0 Å². The van der Waals surface area contributed by atoms with Gasteiger partial charge in [0.2, 0.25) is 0 Å². The molecule has 0 spiro atoms. The van der Waals surface area contributed by atoms with Crippen LogP contribution in [-0.4, -0.2) is 41.1 Å². The van der Waals surface area contributed by atoms with Crippen molar-refractivity contribution in [2.75, 3.05) is 19.7 Å². The molecule has 0 aromatic heterocycles. The number of aliphatic imine (C=N–C) groups is 1. The molecule has 1 aromatic rings. The van der Waals surface area contributed by atoms with Crippen molar-refractivity contribution in [1.82, 2.24) is 4.90 Å². The second-order valence-corrected chi connectivity index (χ2v) is 5.60. The van der Waals surface area contributed by atoms with Crippen LogP contribution in [0.15, 0.2) is 46.8 Å². The van der Waals surface area contributed by atoms with Crippen LogP contribution in [0.2, 0.25) is 5.02 Å². The Morgan fingerprint density at radius 2 is 1.92 bits per heavy atom. The number of nitrogens with zero attached hydrogens (tertiary/aromatic N) is 2. The maximum atomic E-state index is 9.49. The fourth-order valence-corrected chi connectivity index (χ4v) is 2.67. The Bertz CT molecular complexity index is 719. The van der Waals surface area contributed by atoms with Crippen molar-refractivity contribution in [3.05, 3.63) is 46.8 Å². The van der Waals surface area contributed by atoms with E-state index in [4.69, 9.17) is 21.7 Å². The number of nitrogens with one attached hydrogen (secondary N) is 1. The SMILES string of the molecule is CCOC1=C/C(=N\c2ccc(O)cc2Cl)C(N(CC)CC)=CC1=N. The molecule has 128 valence electrons. The minimum atomic E-state index is 0.0967.